The van der Waals surface area contributed by atoms with Crippen molar-refractivity contribution in [2.24, 2.45) is 0 Å². The van der Waals surface area contributed by atoms with E-state index in [9.17, 15) is 18.8 Å². The Balaban J connectivity index is 1.39. The Morgan fingerprint density at radius 3 is 2.38 bits per heavy atom. The number of aryl methyl sites for hydroxylation is 2. The largest absolute Gasteiger partial charge is 0.325 e. The Hall–Kier alpha value is -3.65. The molecule has 34 heavy (non-hydrogen) atoms. The van der Waals surface area contributed by atoms with Crippen LogP contribution in [0.2, 0.25) is 0 Å². The summed E-state index contributed by atoms with van der Waals surface area (Å²) in [5.74, 6) is -1.51. The lowest BCUT2D eigenvalue weighted by Gasteiger charge is -2.22. The van der Waals surface area contributed by atoms with Gasteiger partial charge in [-0.3, -0.25) is 14.5 Å². The number of rotatable bonds is 6. The van der Waals surface area contributed by atoms with Crippen molar-refractivity contribution in [3.63, 3.8) is 0 Å². The van der Waals surface area contributed by atoms with Crippen LogP contribution in [0.5, 0.6) is 0 Å². The van der Waals surface area contributed by atoms with Crippen molar-refractivity contribution in [2.75, 3.05) is 11.9 Å². The zero-order chi connectivity index (χ0) is 24.5. The van der Waals surface area contributed by atoms with Gasteiger partial charge in [0.15, 0.2) is 0 Å². The normalized spacial score (nSPS) is 17.6. The van der Waals surface area contributed by atoms with Gasteiger partial charge in [0.05, 0.1) is 0 Å². The summed E-state index contributed by atoms with van der Waals surface area (Å²) in [4.78, 5) is 41.0. The van der Waals surface area contributed by atoms with Crippen LogP contribution in [0, 0.1) is 19.7 Å². The van der Waals surface area contributed by atoms with Crippen molar-refractivity contribution in [1.82, 2.24) is 10.2 Å². The van der Waals surface area contributed by atoms with Crippen LogP contribution in [0.25, 0.3) is 0 Å². The Bertz CT molecular complexity index is 1260. The number of carbonyl (C=O) groups is 3. The van der Waals surface area contributed by atoms with Gasteiger partial charge in [0.1, 0.15) is 17.9 Å². The van der Waals surface area contributed by atoms with Gasteiger partial charge in [-0.2, -0.15) is 0 Å². The fraction of sp³-hybridized carbons (Fsp3) is 0.192. The van der Waals surface area contributed by atoms with E-state index in [0.29, 0.717) is 11.3 Å². The van der Waals surface area contributed by atoms with Gasteiger partial charge in [-0.05, 0) is 79.9 Å². The van der Waals surface area contributed by atoms with E-state index in [4.69, 9.17) is 0 Å². The quantitative estimate of drug-likeness (QED) is 0.490. The summed E-state index contributed by atoms with van der Waals surface area (Å²) in [5.41, 5.74) is 2.01. The number of urea groups is 1. The summed E-state index contributed by atoms with van der Waals surface area (Å²) in [7, 11) is 0. The van der Waals surface area contributed by atoms with Crippen LogP contribution < -0.4 is 10.6 Å². The first-order valence-corrected chi connectivity index (χ1v) is 11.5. The van der Waals surface area contributed by atoms with Gasteiger partial charge in [-0.1, -0.05) is 36.0 Å². The highest BCUT2D eigenvalue weighted by Crippen LogP contribution is 2.32. The van der Waals surface area contributed by atoms with E-state index < -0.39 is 35.7 Å². The van der Waals surface area contributed by atoms with E-state index in [2.05, 4.69) is 42.7 Å². The summed E-state index contributed by atoms with van der Waals surface area (Å²) < 4.78 is 13.3. The van der Waals surface area contributed by atoms with Crippen molar-refractivity contribution in [3.05, 3.63) is 89.2 Å². The molecule has 8 heteroatoms. The van der Waals surface area contributed by atoms with E-state index >= 15 is 0 Å². The summed E-state index contributed by atoms with van der Waals surface area (Å²) in [5, 5.41) is 5.33. The first kappa shape index (κ1) is 23.5. The predicted octanol–water partition coefficient (Wildman–Crippen LogP) is 5.00. The summed E-state index contributed by atoms with van der Waals surface area (Å²) in [6.07, 6.45) is 0. The zero-order valence-corrected chi connectivity index (χ0v) is 19.8. The molecule has 0 aromatic heterocycles. The number of benzene rings is 3. The second kappa shape index (κ2) is 9.30. The third kappa shape index (κ3) is 4.82. The fourth-order valence-electron chi connectivity index (χ4n) is 3.71. The molecule has 1 saturated heterocycles. The Kier molecular flexibility index (Phi) is 6.43. The first-order valence-electron chi connectivity index (χ1n) is 10.7. The predicted molar refractivity (Wildman–Crippen MR) is 129 cm³/mol. The van der Waals surface area contributed by atoms with Gasteiger partial charge in [0, 0.05) is 15.5 Å². The van der Waals surface area contributed by atoms with Crippen LogP contribution in [0.15, 0.2) is 76.5 Å². The highest BCUT2D eigenvalue weighted by molar-refractivity contribution is 7.99. The number of carbonyl (C=O) groups excluding carboxylic acids is 3. The zero-order valence-electron chi connectivity index (χ0n) is 19.0. The number of amides is 4. The van der Waals surface area contributed by atoms with Crippen LogP contribution in [0.3, 0.4) is 0 Å². The van der Waals surface area contributed by atoms with Crippen LogP contribution in [0.1, 0.15) is 23.6 Å². The van der Waals surface area contributed by atoms with E-state index in [-0.39, 0.29) is 0 Å². The third-order valence-corrected chi connectivity index (χ3v) is 6.88. The summed E-state index contributed by atoms with van der Waals surface area (Å²) in [6, 6.07) is 18.3. The van der Waals surface area contributed by atoms with Crippen molar-refractivity contribution in [3.8, 4) is 0 Å². The topological polar surface area (TPSA) is 78.5 Å². The Labute approximate surface area is 201 Å². The standard InChI is InChI=1S/C26H24FN3O3S/c1-16-4-5-17(2)22(14-16)34-21-12-10-20(11-13-21)28-23(31)15-30-24(32)26(3,29-25(30)33)18-6-8-19(27)9-7-18/h4-14H,15H2,1-3H3,(H,28,31)(H,29,33). The molecule has 1 aliphatic heterocycles. The molecule has 1 heterocycles. The minimum Gasteiger partial charge on any atom is -0.325 e. The Morgan fingerprint density at radius 1 is 1.03 bits per heavy atom. The SMILES string of the molecule is Cc1ccc(C)c(Sc2ccc(NC(=O)CN3C(=O)NC(C)(c4ccc(F)cc4)C3=O)cc2)c1. The molecule has 0 aliphatic carbocycles. The number of hydrogen-bond acceptors (Lipinski definition) is 4. The van der Waals surface area contributed by atoms with E-state index in [1.807, 2.05) is 12.1 Å². The first-order chi connectivity index (χ1) is 16.2. The van der Waals surface area contributed by atoms with Gasteiger partial charge in [0.2, 0.25) is 5.91 Å². The molecule has 2 N–H and O–H groups in total. The number of hydrogen-bond donors (Lipinski definition) is 2. The lowest BCUT2D eigenvalue weighted by molar-refractivity contribution is -0.133. The molecule has 0 saturated carbocycles. The van der Waals surface area contributed by atoms with E-state index in [1.165, 1.54) is 47.2 Å². The van der Waals surface area contributed by atoms with Gasteiger partial charge in [-0.25, -0.2) is 9.18 Å². The lowest BCUT2D eigenvalue weighted by atomic mass is 9.92. The molecule has 1 aliphatic rings. The van der Waals surface area contributed by atoms with Crippen molar-refractivity contribution < 1.29 is 18.8 Å². The van der Waals surface area contributed by atoms with Gasteiger partial charge < -0.3 is 10.6 Å². The van der Waals surface area contributed by atoms with Crippen molar-refractivity contribution in [2.45, 2.75) is 36.1 Å². The molecule has 4 rings (SSSR count). The minimum absolute atomic E-state index is 0.430. The second-order valence-corrected chi connectivity index (χ2v) is 9.51. The number of nitrogens with one attached hydrogen (secondary N) is 2. The van der Waals surface area contributed by atoms with E-state index in [1.54, 1.807) is 23.9 Å². The van der Waals surface area contributed by atoms with Gasteiger partial charge in [0.25, 0.3) is 5.91 Å². The molecule has 0 radical (unpaired) electrons. The van der Waals surface area contributed by atoms with Gasteiger partial charge >= 0.3 is 6.03 Å². The molecule has 174 valence electrons. The molecule has 4 amide bonds. The highest BCUT2D eigenvalue weighted by atomic mass is 32.2. The molecular weight excluding hydrogens is 453 g/mol. The fourth-order valence-corrected chi connectivity index (χ4v) is 4.71. The number of imide groups is 1. The van der Waals surface area contributed by atoms with Crippen LogP contribution in [-0.2, 0) is 15.1 Å². The summed E-state index contributed by atoms with van der Waals surface area (Å²) in [6.45, 7) is 5.22. The minimum atomic E-state index is -1.36. The Morgan fingerprint density at radius 2 is 1.71 bits per heavy atom. The number of anilines is 1. The van der Waals surface area contributed by atoms with Gasteiger partial charge in [-0.15, -0.1) is 0 Å². The molecule has 1 atom stereocenters. The average Bonchev–Trinajstić information content (AvgIpc) is 3.01. The van der Waals surface area contributed by atoms with Crippen molar-refractivity contribution >= 4 is 35.3 Å². The maximum Gasteiger partial charge on any atom is 0.325 e. The number of halogens is 1. The molecule has 3 aromatic rings. The monoisotopic (exact) mass is 477 g/mol. The maximum atomic E-state index is 13.3. The average molecular weight is 478 g/mol. The second-order valence-electron chi connectivity index (χ2n) is 8.40. The summed E-state index contributed by atoms with van der Waals surface area (Å²) >= 11 is 1.64. The smallest absolute Gasteiger partial charge is 0.325 e. The molecule has 0 bridgehead atoms. The maximum absolute atomic E-state index is 13.3. The van der Waals surface area contributed by atoms with Crippen LogP contribution in [0.4, 0.5) is 14.9 Å². The molecule has 0 spiro atoms. The lowest BCUT2D eigenvalue weighted by Crippen LogP contribution is -2.42. The molecular formula is C26H24FN3O3S. The molecule has 1 fully saturated rings. The number of nitrogens with zero attached hydrogens (tertiary/aromatic N) is 1. The van der Waals surface area contributed by atoms with E-state index in [0.717, 1.165) is 9.80 Å². The molecule has 3 aromatic carbocycles. The third-order valence-electron chi connectivity index (χ3n) is 5.71. The van der Waals surface area contributed by atoms with Crippen LogP contribution in [-0.4, -0.2) is 29.3 Å². The molecule has 1 unspecified atom stereocenters. The van der Waals surface area contributed by atoms with Crippen LogP contribution >= 0.6 is 11.8 Å². The molecule has 6 nitrogen and oxygen atoms in total. The van der Waals surface area contributed by atoms with Crippen molar-refractivity contribution in [1.29, 1.82) is 0 Å². The highest BCUT2D eigenvalue weighted by Gasteiger charge is 2.49.